The third-order valence-corrected chi connectivity index (χ3v) is 1.55. The van der Waals surface area contributed by atoms with Crippen molar-refractivity contribution in [1.29, 1.82) is 0 Å². The van der Waals surface area contributed by atoms with Crippen molar-refractivity contribution < 1.29 is 0 Å². The van der Waals surface area contributed by atoms with E-state index in [-0.39, 0.29) is 0 Å². The van der Waals surface area contributed by atoms with Crippen molar-refractivity contribution in [3.63, 3.8) is 0 Å². The number of halogens is 1. The summed E-state index contributed by atoms with van der Waals surface area (Å²) in [6.45, 7) is 1.77. The molecule has 0 bridgehead atoms. The van der Waals surface area contributed by atoms with Gasteiger partial charge in [0.05, 0.1) is 5.88 Å². The van der Waals surface area contributed by atoms with Gasteiger partial charge in [0.2, 0.25) is 0 Å². The highest BCUT2D eigenvalue weighted by Gasteiger charge is 1.86. The Hall–Kier alpha value is 0.180. The smallest absolute Gasteiger partial charge is 0.0548 e. The van der Waals surface area contributed by atoms with Crippen LogP contribution in [0.15, 0.2) is 10.6 Å². The Kier molecular flexibility index (Phi) is 3.30. The van der Waals surface area contributed by atoms with E-state index in [0.29, 0.717) is 11.6 Å². The monoisotopic (exact) mass is 137 g/mol. The third kappa shape index (κ3) is 2.83. The minimum atomic E-state index is 0.408. The van der Waals surface area contributed by atoms with E-state index < -0.39 is 0 Å². The molecule has 0 aliphatic carbocycles. The van der Waals surface area contributed by atoms with Crippen LogP contribution in [0, 0.1) is 0 Å². The van der Waals surface area contributed by atoms with Crippen molar-refractivity contribution in [2.75, 3.05) is 5.88 Å². The zero-order chi connectivity index (χ0) is 5.86. The van der Waals surface area contributed by atoms with E-state index in [1.807, 2.05) is 0 Å². The van der Waals surface area contributed by atoms with Gasteiger partial charge in [-0.25, -0.2) is 0 Å². The Morgan fingerprint density at radius 3 is 2.29 bits per heavy atom. The lowest BCUT2D eigenvalue weighted by atomic mass is 10.5. The van der Waals surface area contributed by atoms with Crippen molar-refractivity contribution >= 4 is 24.2 Å². The predicted octanol–water partition coefficient (Wildman–Crippen LogP) is 1.35. The average Bonchev–Trinajstić information content (AvgIpc) is 1.65. The molecule has 42 valence electrons. The van der Waals surface area contributed by atoms with Crippen LogP contribution >= 0.6 is 24.2 Å². The average molecular weight is 138 g/mol. The molecule has 0 aromatic carbocycles. The molecule has 0 aliphatic rings. The summed E-state index contributed by atoms with van der Waals surface area (Å²) in [5.41, 5.74) is 5.96. The van der Waals surface area contributed by atoms with E-state index in [1.165, 1.54) is 0 Å². The molecule has 2 N–H and O–H groups in total. The zero-order valence-corrected chi connectivity index (χ0v) is 5.76. The molecule has 0 saturated carbocycles. The number of hydrogen-bond donors (Lipinski definition) is 2. The maximum atomic E-state index is 5.33. The van der Waals surface area contributed by atoms with E-state index in [2.05, 4.69) is 12.6 Å². The Bertz CT molecular complexity index is 85.7. The van der Waals surface area contributed by atoms with Crippen molar-refractivity contribution in [3.05, 3.63) is 10.6 Å². The molecule has 0 radical (unpaired) electrons. The molecule has 0 aromatic heterocycles. The molecule has 0 unspecified atom stereocenters. The molecule has 0 rings (SSSR count). The first kappa shape index (κ1) is 7.18. The van der Waals surface area contributed by atoms with Crippen molar-refractivity contribution in [3.8, 4) is 0 Å². The molecule has 0 heterocycles. The van der Waals surface area contributed by atoms with E-state index in [1.54, 1.807) is 6.92 Å². The lowest BCUT2D eigenvalue weighted by Crippen LogP contribution is -1.93. The van der Waals surface area contributed by atoms with Crippen LogP contribution in [0.4, 0.5) is 0 Å². The highest BCUT2D eigenvalue weighted by atomic mass is 35.5. The molecule has 0 spiro atoms. The predicted molar refractivity (Wildman–Crippen MR) is 36.6 cm³/mol. The van der Waals surface area contributed by atoms with Gasteiger partial charge in [-0.2, -0.15) is 0 Å². The van der Waals surface area contributed by atoms with Gasteiger partial charge >= 0.3 is 0 Å². The van der Waals surface area contributed by atoms with Crippen LogP contribution in [0.5, 0.6) is 0 Å². The lowest BCUT2D eigenvalue weighted by molar-refractivity contribution is 1.28. The molecule has 1 nitrogen and oxygen atoms in total. The maximum absolute atomic E-state index is 5.33. The summed E-state index contributed by atoms with van der Waals surface area (Å²) in [5.74, 6) is 0.408. The number of rotatable bonds is 1. The molecule has 0 atom stereocenters. The summed E-state index contributed by atoms with van der Waals surface area (Å²) in [5, 5.41) is 0. The highest BCUT2D eigenvalue weighted by molar-refractivity contribution is 7.84. The number of thiol groups is 1. The van der Waals surface area contributed by atoms with E-state index in [0.717, 1.165) is 4.91 Å². The maximum Gasteiger partial charge on any atom is 0.0548 e. The summed E-state index contributed by atoms with van der Waals surface area (Å²) >= 11 is 9.28. The molecule has 7 heavy (non-hydrogen) atoms. The molecular weight excluding hydrogens is 130 g/mol. The van der Waals surface area contributed by atoms with Gasteiger partial charge in [0.25, 0.3) is 0 Å². The topological polar surface area (TPSA) is 26.0 Å². The summed E-state index contributed by atoms with van der Waals surface area (Å²) < 4.78 is 0. The summed E-state index contributed by atoms with van der Waals surface area (Å²) in [6.07, 6.45) is 0. The largest absolute Gasteiger partial charge is 0.402 e. The fraction of sp³-hybridized carbons (Fsp3) is 0.500. The summed E-state index contributed by atoms with van der Waals surface area (Å²) in [6, 6.07) is 0. The van der Waals surface area contributed by atoms with Crippen molar-refractivity contribution in [1.82, 2.24) is 0 Å². The van der Waals surface area contributed by atoms with Gasteiger partial charge in [-0.05, 0) is 6.92 Å². The third-order valence-electron chi connectivity index (χ3n) is 0.582. The quantitative estimate of drug-likeness (QED) is 0.414. The second-order valence-corrected chi connectivity index (χ2v) is 2.07. The van der Waals surface area contributed by atoms with Gasteiger partial charge in [0.1, 0.15) is 0 Å². The van der Waals surface area contributed by atoms with Gasteiger partial charge in [0, 0.05) is 10.6 Å². The van der Waals surface area contributed by atoms with Crippen LogP contribution < -0.4 is 5.73 Å². The Balaban J connectivity index is 3.72. The van der Waals surface area contributed by atoms with E-state index in [4.69, 9.17) is 17.3 Å². The van der Waals surface area contributed by atoms with Gasteiger partial charge in [-0.15, -0.1) is 24.2 Å². The Labute approximate surface area is 53.9 Å². The van der Waals surface area contributed by atoms with Gasteiger partial charge in [0.15, 0.2) is 0 Å². The second-order valence-electron chi connectivity index (χ2n) is 1.26. The number of allylic oxidation sites excluding steroid dienone is 2. The molecule has 0 aliphatic heterocycles. The normalized spacial score (nSPS) is 13.6. The van der Waals surface area contributed by atoms with Crippen LogP contribution in [-0.2, 0) is 0 Å². The van der Waals surface area contributed by atoms with Crippen LogP contribution in [0.3, 0.4) is 0 Å². The lowest BCUT2D eigenvalue weighted by Gasteiger charge is -1.92. The summed E-state index contributed by atoms with van der Waals surface area (Å²) in [4.78, 5) is 0.752. The second kappa shape index (κ2) is 3.22. The fourth-order valence-corrected chi connectivity index (χ4v) is 0.316. The molecule has 0 saturated heterocycles. The van der Waals surface area contributed by atoms with Gasteiger partial charge in [-0.3, -0.25) is 0 Å². The number of alkyl halides is 1. The minimum absolute atomic E-state index is 0.408. The first-order valence-electron chi connectivity index (χ1n) is 1.88. The molecule has 0 aromatic rings. The van der Waals surface area contributed by atoms with Crippen molar-refractivity contribution in [2.24, 2.45) is 5.73 Å². The van der Waals surface area contributed by atoms with Crippen LogP contribution in [-0.4, -0.2) is 5.88 Å². The molecule has 0 amide bonds. The van der Waals surface area contributed by atoms with E-state index >= 15 is 0 Å². The first-order valence-corrected chi connectivity index (χ1v) is 2.86. The SMILES string of the molecule is C/C(N)=C(/S)CCl. The molecule has 0 fully saturated rings. The Morgan fingerprint density at radius 1 is 1.86 bits per heavy atom. The van der Waals surface area contributed by atoms with Crippen molar-refractivity contribution in [2.45, 2.75) is 6.92 Å². The standard InChI is InChI=1S/C4H8ClNS/c1-3(6)4(7)2-5/h7H,2,6H2,1H3/b4-3-. The number of nitrogens with two attached hydrogens (primary N) is 1. The molecule has 3 heteroatoms. The number of hydrogen-bond acceptors (Lipinski definition) is 2. The van der Waals surface area contributed by atoms with Crippen LogP contribution in [0.25, 0.3) is 0 Å². The van der Waals surface area contributed by atoms with E-state index in [9.17, 15) is 0 Å². The fourth-order valence-electron chi connectivity index (χ4n) is 0.105. The zero-order valence-electron chi connectivity index (χ0n) is 4.11. The van der Waals surface area contributed by atoms with Gasteiger partial charge in [-0.1, -0.05) is 0 Å². The first-order chi connectivity index (χ1) is 3.18. The summed E-state index contributed by atoms with van der Waals surface area (Å²) in [7, 11) is 0. The highest BCUT2D eigenvalue weighted by Crippen LogP contribution is 2.04. The van der Waals surface area contributed by atoms with Crippen LogP contribution in [0.2, 0.25) is 0 Å². The van der Waals surface area contributed by atoms with Crippen LogP contribution in [0.1, 0.15) is 6.92 Å². The minimum Gasteiger partial charge on any atom is -0.402 e. The Morgan fingerprint density at radius 2 is 2.29 bits per heavy atom. The van der Waals surface area contributed by atoms with Gasteiger partial charge < -0.3 is 5.73 Å². The molecular formula is C4H8ClNS.